The highest BCUT2D eigenvalue weighted by Gasteiger charge is 2.06. The Kier molecular flexibility index (Phi) is 4.62. The van der Waals surface area contributed by atoms with Crippen LogP contribution in [0.2, 0.25) is 0 Å². The van der Waals surface area contributed by atoms with Crippen LogP contribution in [0.25, 0.3) is 0 Å². The average Bonchev–Trinajstić information content (AvgIpc) is 2.59. The molecular formula is C10H19N3O. The van der Waals surface area contributed by atoms with Crippen LogP contribution < -0.4 is 5.32 Å². The highest BCUT2D eigenvalue weighted by Crippen LogP contribution is 2.00. The first-order valence-corrected chi connectivity index (χ1v) is 5.10. The van der Waals surface area contributed by atoms with Gasteiger partial charge in [-0.1, -0.05) is 6.92 Å². The van der Waals surface area contributed by atoms with Gasteiger partial charge in [0.05, 0.1) is 6.61 Å². The van der Waals surface area contributed by atoms with Gasteiger partial charge in [0.15, 0.2) is 0 Å². The summed E-state index contributed by atoms with van der Waals surface area (Å²) in [5.74, 6) is 0. The zero-order valence-electron chi connectivity index (χ0n) is 8.90. The van der Waals surface area contributed by atoms with Crippen molar-refractivity contribution in [3.8, 4) is 0 Å². The minimum Gasteiger partial charge on any atom is -0.395 e. The van der Waals surface area contributed by atoms with E-state index < -0.39 is 0 Å². The zero-order valence-corrected chi connectivity index (χ0v) is 8.90. The van der Waals surface area contributed by atoms with Crippen LogP contribution in [0.4, 0.5) is 0 Å². The number of aliphatic hydroxyl groups excluding tert-OH is 1. The second-order valence-electron chi connectivity index (χ2n) is 3.42. The largest absolute Gasteiger partial charge is 0.395 e. The number of aliphatic hydroxyl groups is 1. The molecule has 0 aliphatic rings. The maximum atomic E-state index is 9.06. The molecule has 0 fully saturated rings. The molecule has 0 amide bonds. The van der Waals surface area contributed by atoms with E-state index >= 15 is 0 Å². The van der Waals surface area contributed by atoms with E-state index in [-0.39, 0.29) is 12.6 Å². The second kappa shape index (κ2) is 5.78. The molecule has 2 N–H and O–H groups in total. The topological polar surface area (TPSA) is 50.1 Å². The van der Waals surface area contributed by atoms with Crippen LogP contribution in [0, 0.1) is 6.92 Å². The van der Waals surface area contributed by atoms with Gasteiger partial charge in [-0.3, -0.25) is 4.68 Å². The molecule has 0 bridgehead atoms. The molecule has 4 heteroatoms. The second-order valence-corrected chi connectivity index (χ2v) is 3.42. The Morgan fingerprint density at radius 1 is 1.64 bits per heavy atom. The minimum atomic E-state index is 0.184. The van der Waals surface area contributed by atoms with Gasteiger partial charge in [-0.15, -0.1) is 0 Å². The van der Waals surface area contributed by atoms with Gasteiger partial charge in [0, 0.05) is 24.5 Å². The molecule has 0 saturated carbocycles. The van der Waals surface area contributed by atoms with Gasteiger partial charge in [0.2, 0.25) is 0 Å². The number of aromatic nitrogens is 2. The van der Waals surface area contributed by atoms with Gasteiger partial charge in [-0.25, -0.2) is 0 Å². The molecule has 1 aromatic heterocycles. The normalized spacial score (nSPS) is 13.1. The van der Waals surface area contributed by atoms with Crippen molar-refractivity contribution in [2.24, 2.45) is 0 Å². The molecule has 1 atom stereocenters. The first-order chi connectivity index (χ1) is 6.77. The molecule has 0 spiro atoms. The molecule has 14 heavy (non-hydrogen) atoms. The van der Waals surface area contributed by atoms with Crippen molar-refractivity contribution in [3.05, 3.63) is 18.0 Å². The maximum absolute atomic E-state index is 9.06. The zero-order chi connectivity index (χ0) is 10.4. The number of nitrogens with one attached hydrogen (secondary N) is 1. The average molecular weight is 197 g/mol. The fourth-order valence-electron chi connectivity index (χ4n) is 1.46. The molecule has 0 aliphatic heterocycles. The number of likely N-dealkylation sites (N-methyl/N-ethyl adjacent to an activating group) is 1. The monoisotopic (exact) mass is 197 g/mol. The molecule has 0 saturated heterocycles. The molecule has 0 radical (unpaired) electrons. The first kappa shape index (κ1) is 11.2. The Morgan fingerprint density at radius 2 is 2.43 bits per heavy atom. The van der Waals surface area contributed by atoms with E-state index in [1.165, 1.54) is 0 Å². The van der Waals surface area contributed by atoms with Crippen LogP contribution in [0.5, 0.6) is 0 Å². The molecular weight excluding hydrogens is 178 g/mol. The van der Waals surface area contributed by atoms with Gasteiger partial charge in [-0.05, 0) is 26.0 Å². The molecule has 80 valence electrons. The summed E-state index contributed by atoms with van der Waals surface area (Å²) < 4.78 is 1.96. The fourth-order valence-corrected chi connectivity index (χ4v) is 1.46. The van der Waals surface area contributed by atoms with Gasteiger partial charge in [-0.2, -0.15) is 5.10 Å². The third kappa shape index (κ3) is 3.12. The summed E-state index contributed by atoms with van der Waals surface area (Å²) in [6.07, 6.45) is 2.71. The Labute approximate surface area is 84.9 Å². The van der Waals surface area contributed by atoms with E-state index in [9.17, 15) is 0 Å². The van der Waals surface area contributed by atoms with Crippen LogP contribution in [0.3, 0.4) is 0 Å². The summed E-state index contributed by atoms with van der Waals surface area (Å²) in [6, 6.07) is 2.17. The van der Waals surface area contributed by atoms with Crippen molar-refractivity contribution >= 4 is 0 Å². The van der Waals surface area contributed by atoms with E-state index in [4.69, 9.17) is 5.11 Å². The number of hydrogen-bond donors (Lipinski definition) is 2. The van der Waals surface area contributed by atoms with E-state index in [2.05, 4.69) is 10.4 Å². The van der Waals surface area contributed by atoms with Gasteiger partial charge < -0.3 is 10.4 Å². The van der Waals surface area contributed by atoms with Crippen molar-refractivity contribution in [2.45, 2.75) is 32.9 Å². The molecule has 1 unspecified atom stereocenters. The van der Waals surface area contributed by atoms with Crippen molar-refractivity contribution in [3.63, 3.8) is 0 Å². The molecule has 1 heterocycles. The molecule has 1 aromatic rings. The van der Waals surface area contributed by atoms with E-state index in [0.717, 1.165) is 25.2 Å². The number of hydrogen-bond acceptors (Lipinski definition) is 3. The Hall–Kier alpha value is -0.870. The minimum absolute atomic E-state index is 0.184. The highest BCUT2D eigenvalue weighted by atomic mass is 16.3. The molecule has 0 aliphatic carbocycles. The third-order valence-electron chi connectivity index (χ3n) is 2.33. The number of nitrogens with zero attached hydrogens (tertiary/aromatic N) is 2. The summed E-state index contributed by atoms with van der Waals surface area (Å²) >= 11 is 0. The van der Waals surface area contributed by atoms with Crippen LogP contribution in [-0.2, 0) is 6.54 Å². The number of rotatable bonds is 6. The van der Waals surface area contributed by atoms with Gasteiger partial charge >= 0.3 is 0 Å². The Bertz CT molecular complexity index is 260. The maximum Gasteiger partial charge on any atom is 0.0585 e. The van der Waals surface area contributed by atoms with Crippen molar-refractivity contribution < 1.29 is 5.11 Å². The number of aryl methyl sites for hydroxylation is 2. The van der Waals surface area contributed by atoms with Crippen LogP contribution in [0.15, 0.2) is 12.3 Å². The third-order valence-corrected chi connectivity index (χ3v) is 2.33. The predicted octanol–water partition coefficient (Wildman–Crippen LogP) is 0.552. The quantitative estimate of drug-likeness (QED) is 0.700. The van der Waals surface area contributed by atoms with Crippen LogP contribution >= 0.6 is 0 Å². The van der Waals surface area contributed by atoms with Crippen molar-refractivity contribution in [1.29, 1.82) is 0 Å². The van der Waals surface area contributed by atoms with Crippen molar-refractivity contribution in [2.75, 3.05) is 13.2 Å². The van der Waals surface area contributed by atoms with Crippen LogP contribution in [0.1, 0.15) is 19.0 Å². The summed E-state index contributed by atoms with van der Waals surface area (Å²) in [6.45, 7) is 6.02. The first-order valence-electron chi connectivity index (χ1n) is 5.10. The lowest BCUT2D eigenvalue weighted by Gasteiger charge is -2.15. The Balaban J connectivity index is 2.35. The van der Waals surface area contributed by atoms with Gasteiger partial charge in [0.1, 0.15) is 0 Å². The molecule has 4 nitrogen and oxygen atoms in total. The lowest BCUT2D eigenvalue weighted by molar-refractivity contribution is 0.231. The lowest BCUT2D eigenvalue weighted by atomic mass is 10.2. The Morgan fingerprint density at radius 3 is 2.93 bits per heavy atom. The van der Waals surface area contributed by atoms with Crippen molar-refractivity contribution in [1.82, 2.24) is 15.1 Å². The summed E-state index contributed by atoms with van der Waals surface area (Å²) in [7, 11) is 0. The SMILES string of the molecule is CCNC(CO)CCn1nccc1C. The van der Waals surface area contributed by atoms with E-state index in [1.807, 2.05) is 24.6 Å². The van der Waals surface area contributed by atoms with Crippen LogP contribution in [-0.4, -0.2) is 34.1 Å². The standard InChI is InChI=1S/C10H19N3O/c1-3-11-10(8-14)5-7-13-9(2)4-6-12-13/h4,6,10-11,14H,3,5,7-8H2,1-2H3. The van der Waals surface area contributed by atoms with Gasteiger partial charge in [0.25, 0.3) is 0 Å². The summed E-state index contributed by atoms with van der Waals surface area (Å²) in [4.78, 5) is 0. The van der Waals surface area contributed by atoms with E-state index in [0.29, 0.717) is 0 Å². The lowest BCUT2D eigenvalue weighted by Crippen LogP contribution is -2.33. The van der Waals surface area contributed by atoms with E-state index in [1.54, 1.807) is 6.20 Å². The molecule has 0 aromatic carbocycles. The molecule has 1 rings (SSSR count). The highest BCUT2D eigenvalue weighted by molar-refractivity contribution is 4.96. The fraction of sp³-hybridized carbons (Fsp3) is 0.700. The summed E-state index contributed by atoms with van der Waals surface area (Å²) in [5.41, 5.74) is 1.16. The smallest absolute Gasteiger partial charge is 0.0585 e. The predicted molar refractivity (Wildman–Crippen MR) is 56.1 cm³/mol. The summed E-state index contributed by atoms with van der Waals surface area (Å²) in [5, 5.41) is 16.5.